The molecule has 35 heavy (non-hydrogen) atoms. The topological polar surface area (TPSA) is 111 Å². The molecule has 0 aliphatic carbocycles. The molecule has 0 atom stereocenters. The summed E-state index contributed by atoms with van der Waals surface area (Å²) in [7, 11) is 0. The Balaban J connectivity index is 1.64. The van der Waals surface area contributed by atoms with Crippen molar-refractivity contribution in [1.29, 1.82) is 0 Å². The van der Waals surface area contributed by atoms with Gasteiger partial charge in [0, 0.05) is 26.0 Å². The summed E-state index contributed by atoms with van der Waals surface area (Å²) in [5.74, 6) is 0.324. The summed E-state index contributed by atoms with van der Waals surface area (Å²) in [4.78, 5) is 29.2. The van der Waals surface area contributed by atoms with Crippen LogP contribution >= 0.6 is 0 Å². The van der Waals surface area contributed by atoms with Gasteiger partial charge in [-0.25, -0.2) is 9.78 Å². The number of aryl methyl sites for hydroxylation is 2. The van der Waals surface area contributed by atoms with E-state index in [1.165, 1.54) is 18.2 Å². The normalized spacial score (nSPS) is 10.8. The van der Waals surface area contributed by atoms with Gasteiger partial charge in [-0.05, 0) is 36.8 Å². The van der Waals surface area contributed by atoms with E-state index in [2.05, 4.69) is 9.72 Å². The zero-order chi connectivity index (χ0) is 25.4. The van der Waals surface area contributed by atoms with Gasteiger partial charge in [-0.1, -0.05) is 18.2 Å². The number of hydrogen-bond donors (Lipinski definition) is 1. The minimum atomic E-state index is -3.04. The molecular weight excluding hydrogens is 466 g/mol. The number of hydrogen-bond acceptors (Lipinski definition) is 7. The first kappa shape index (κ1) is 25.5. The lowest BCUT2D eigenvalue weighted by atomic mass is 10.2. The maximum atomic E-state index is 12.6. The second kappa shape index (κ2) is 11.8. The molecule has 2 aromatic carbocycles. The second-order valence-corrected chi connectivity index (χ2v) is 7.45. The van der Waals surface area contributed by atoms with E-state index < -0.39 is 25.2 Å². The van der Waals surface area contributed by atoms with Crippen LogP contribution in [0.1, 0.15) is 22.9 Å². The van der Waals surface area contributed by atoms with Crippen molar-refractivity contribution in [3.63, 3.8) is 0 Å². The van der Waals surface area contributed by atoms with Crippen molar-refractivity contribution in [3.05, 3.63) is 71.4 Å². The number of carbonyl (C=O) groups is 2. The second-order valence-electron chi connectivity index (χ2n) is 7.45. The largest absolute Gasteiger partial charge is 0.493 e. The van der Waals surface area contributed by atoms with Gasteiger partial charge in [0.15, 0.2) is 5.89 Å². The number of aromatic nitrogens is 1. The molecule has 1 amide bonds. The molecule has 0 aliphatic rings. The SMILES string of the molecule is Cc1nc(CCOc2cccc(CN(CC(=O)O)C(=O)Oc3cccc(OC(F)F)c3)c2)c(C)o1. The number of rotatable bonds is 11. The lowest BCUT2D eigenvalue weighted by Crippen LogP contribution is -2.37. The monoisotopic (exact) mass is 490 g/mol. The van der Waals surface area contributed by atoms with E-state index in [-0.39, 0.29) is 18.0 Å². The van der Waals surface area contributed by atoms with Crippen molar-refractivity contribution >= 4 is 12.1 Å². The number of carbonyl (C=O) groups excluding carboxylic acids is 1. The third kappa shape index (κ3) is 7.98. The highest BCUT2D eigenvalue weighted by molar-refractivity contribution is 5.78. The first-order chi connectivity index (χ1) is 16.7. The molecule has 1 aromatic heterocycles. The van der Waals surface area contributed by atoms with E-state index >= 15 is 0 Å². The van der Waals surface area contributed by atoms with E-state index in [1.807, 2.05) is 6.92 Å². The van der Waals surface area contributed by atoms with E-state index in [9.17, 15) is 23.5 Å². The Hall–Kier alpha value is -4.15. The fraction of sp³-hybridized carbons (Fsp3) is 0.292. The van der Waals surface area contributed by atoms with Gasteiger partial charge < -0.3 is 23.7 Å². The average Bonchev–Trinajstić information content (AvgIpc) is 3.10. The van der Waals surface area contributed by atoms with E-state index in [4.69, 9.17) is 13.9 Å². The van der Waals surface area contributed by atoms with Crippen molar-refractivity contribution in [2.45, 2.75) is 33.4 Å². The van der Waals surface area contributed by atoms with Crippen LogP contribution in [0.5, 0.6) is 17.2 Å². The van der Waals surface area contributed by atoms with Crippen LogP contribution in [0.3, 0.4) is 0 Å². The first-order valence-electron chi connectivity index (χ1n) is 10.6. The number of nitrogens with zero attached hydrogens (tertiary/aromatic N) is 2. The molecule has 3 aromatic rings. The Morgan fingerprint density at radius 3 is 2.49 bits per heavy atom. The Morgan fingerprint density at radius 1 is 1.09 bits per heavy atom. The Kier molecular flexibility index (Phi) is 8.60. The average molecular weight is 490 g/mol. The van der Waals surface area contributed by atoms with Crippen LogP contribution in [0.2, 0.25) is 0 Å². The minimum Gasteiger partial charge on any atom is -0.493 e. The van der Waals surface area contributed by atoms with Crippen molar-refractivity contribution in [2.75, 3.05) is 13.2 Å². The highest BCUT2D eigenvalue weighted by Crippen LogP contribution is 2.22. The molecule has 0 saturated carbocycles. The van der Waals surface area contributed by atoms with Gasteiger partial charge in [0.25, 0.3) is 0 Å². The number of ether oxygens (including phenoxy) is 3. The fourth-order valence-corrected chi connectivity index (χ4v) is 3.25. The van der Waals surface area contributed by atoms with Crippen LogP contribution in [0.25, 0.3) is 0 Å². The molecule has 3 rings (SSSR count). The summed E-state index contributed by atoms with van der Waals surface area (Å²) in [5, 5.41) is 9.23. The van der Waals surface area contributed by atoms with E-state index in [0.717, 1.165) is 22.4 Å². The molecule has 186 valence electrons. The highest BCUT2D eigenvalue weighted by atomic mass is 19.3. The van der Waals surface area contributed by atoms with Gasteiger partial charge in [0.1, 0.15) is 29.6 Å². The lowest BCUT2D eigenvalue weighted by molar-refractivity contribution is -0.138. The standard InChI is InChI=1S/C24H24F2N2O7/c1-15-21(27-16(2)33-15)9-10-32-18-6-3-5-17(11-18)13-28(14-22(29)30)24(31)35-20-8-4-7-19(12-20)34-23(25)26/h3-8,11-12,23H,9-10,13-14H2,1-2H3,(H,29,30). The number of alkyl halides is 2. The summed E-state index contributed by atoms with van der Waals surface area (Å²) in [6.07, 6.45) is -0.427. The fourth-order valence-electron chi connectivity index (χ4n) is 3.25. The number of oxazole rings is 1. The molecule has 1 heterocycles. The minimum absolute atomic E-state index is 0.0704. The number of benzene rings is 2. The maximum Gasteiger partial charge on any atom is 0.416 e. The highest BCUT2D eigenvalue weighted by Gasteiger charge is 2.20. The quantitative estimate of drug-likeness (QED) is 0.415. The van der Waals surface area contributed by atoms with Gasteiger partial charge in [0.05, 0.1) is 12.3 Å². The van der Waals surface area contributed by atoms with Gasteiger partial charge in [-0.15, -0.1) is 0 Å². The number of carboxylic acid groups (broad SMARTS) is 1. The van der Waals surface area contributed by atoms with Crippen LogP contribution in [0.15, 0.2) is 52.9 Å². The molecule has 9 nitrogen and oxygen atoms in total. The summed E-state index contributed by atoms with van der Waals surface area (Å²) < 4.78 is 45.5. The third-order valence-electron chi connectivity index (χ3n) is 4.70. The molecule has 0 unspecified atom stereocenters. The van der Waals surface area contributed by atoms with Gasteiger partial charge >= 0.3 is 18.7 Å². The summed E-state index contributed by atoms with van der Waals surface area (Å²) >= 11 is 0. The molecule has 0 bridgehead atoms. The van der Waals surface area contributed by atoms with Crippen LogP contribution < -0.4 is 14.2 Å². The smallest absolute Gasteiger partial charge is 0.416 e. The molecule has 0 radical (unpaired) electrons. The van der Waals surface area contributed by atoms with E-state index in [1.54, 1.807) is 31.2 Å². The van der Waals surface area contributed by atoms with Gasteiger partial charge in [-0.3, -0.25) is 9.69 Å². The molecule has 11 heteroatoms. The maximum absolute atomic E-state index is 12.6. The summed E-state index contributed by atoms with van der Waals surface area (Å²) in [5.41, 5.74) is 1.40. The van der Waals surface area contributed by atoms with Crippen molar-refractivity contribution in [1.82, 2.24) is 9.88 Å². The first-order valence-corrected chi connectivity index (χ1v) is 10.6. The van der Waals surface area contributed by atoms with Crippen LogP contribution in [-0.4, -0.2) is 46.8 Å². The Labute approximate surface area is 199 Å². The molecule has 0 aliphatic heterocycles. The number of amides is 1. The molecule has 0 saturated heterocycles. The number of halogens is 2. The lowest BCUT2D eigenvalue weighted by Gasteiger charge is -2.20. The van der Waals surface area contributed by atoms with Gasteiger partial charge in [0.2, 0.25) is 0 Å². The zero-order valence-corrected chi connectivity index (χ0v) is 19.1. The summed E-state index contributed by atoms with van der Waals surface area (Å²) in [6.45, 7) is 0.174. The van der Waals surface area contributed by atoms with E-state index in [0.29, 0.717) is 30.2 Å². The van der Waals surface area contributed by atoms with Crippen LogP contribution in [-0.2, 0) is 17.8 Å². The third-order valence-corrected chi connectivity index (χ3v) is 4.70. The Bertz CT molecular complexity index is 1170. The predicted octanol–water partition coefficient (Wildman–Crippen LogP) is 4.60. The van der Waals surface area contributed by atoms with Crippen LogP contribution in [0, 0.1) is 13.8 Å². The van der Waals surface area contributed by atoms with Crippen molar-refractivity contribution < 1.29 is 42.1 Å². The summed E-state index contributed by atoms with van der Waals surface area (Å²) in [6, 6.07) is 11.9. The van der Waals surface area contributed by atoms with Crippen molar-refractivity contribution in [3.8, 4) is 17.2 Å². The molecule has 1 N–H and O–H groups in total. The molecular formula is C24H24F2N2O7. The van der Waals surface area contributed by atoms with Crippen molar-refractivity contribution in [2.24, 2.45) is 0 Å². The zero-order valence-electron chi connectivity index (χ0n) is 19.1. The predicted molar refractivity (Wildman–Crippen MR) is 119 cm³/mol. The van der Waals surface area contributed by atoms with Crippen LogP contribution in [0.4, 0.5) is 13.6 Å². The Morgan fingerprint density at radius 2 is 1.80 bits per heavy atom. The number of carboxylic acids is 1. The van der Waals surface area contributed by atoms with Gasteiger partial charge in [-0.2, -0.15) is 8.78 Å². The molecule has 0 fully saturated rings. The number of aliphatic carboxylic acids is 1. The molecule has 0 spiro atoms.